The molecule has 0 bridgehead atoms. The summed E-state index contributed by atoms with van der Waals surface area (Å²) >= 11 is 0. The Bertz CT molecular complexity index is 4050. The fourth-order valence-corrected chi connectivity index (χ4v) is 10.1. The molecule has 0 radical (unpaired) electrons. The maximum atomic E-state index is 6.67. The Morgan fingerprint density at radius 1 is 0.404 bits per heavy atom. The molecule has 0 amide bonds. The minimum Gasteiger partial charge on any atom is -0.455 e. The van der Waals surface area contributed by atoms with E-state index in [9.17, 15) is 0 Å². The van der Waals surface area contributed by atoms with Crippen LogP contribution in [0.15, 0.2) is 174 Å². The molecular formula is C52H28N4O. The first-order chi connectivity index (χ1) is 28.3. The van der Waals surface area contributed by atoms with Crippen LogP contribution in [0.1, 0.15) is 0 Å². The maximum Gasteiger partial charge on any atom is 0.235 e. The second-order valence-electron chi connectivity index (χ2n) is 15.3. The monoisotopic (exact) mass is 724 g/mol. The number of hydrogen-bond acceptors (Lipinski definition) is 3. The molecular weight excluding hydrogens is 697 g/mol. The van der Waals surface area contributed by atoms with Gasteiger partial charge in [0.05, 0.1) is 38.8 Å². The van der Waals surface area contributed by atoms with Crippen molar-refractivity contribution in [2.24, 2.45) is 0 Å². The molecule has 5 heterocycles. The highest BCUT2D eigenvalue weighted by Crippen LogP contribution is 2.47. The smallest absolute Gasteiger partial charge is 0.235 e. The van der Waals surface area contributed by atoms with E-state index < -0.39 is 0 Å². The third kappa shape index (κ3) is 3.69. The maximum absolute atomic E-state index is 6.67. The standard InChI is InChI=1S/C52H28N4O/c1-3-14-31-29(12-1)26-27-39-47(31)53-52(54-48(39)40-22-10-21-38-34-17-6-8-25-44(34)57-51(38)40)55-42-24-11-18-35-37-20-9-19-36-33-16-5-7-23-41(33)56(49(36)37)50-32-15-4-2-13-30(32)28-43(55)46(50)45(35)42/h1-28H. The van der Waals surface area contributed by atoms with Gasteiger partial charge in [0.1, 0.15) is 11.2 Å². The fraction of sp³-hybridized carbons (Fsp3) is 0. The lowest BCUT2D eigenvalue weighted by molar-refractivity contribution is 0.670. The van der Waals surface area contributed by atoms with Gasteiger partial charge in [0.2, 0.25) is 5.95 Å². The predicted octanol–water partition coefficient (Wildman–Crippen LogP) is 13.7. The van der Waals surface area contributed by atoms with E-state index >= 15 is 0 Å². The van der Waals surface area contributed by atoms with E-state index in [2.05, 4.69) is 167 Å². The lowest BCUT2D eigenvalue weighted by Crippen LogP contribution is -2.04. The Labute approximate surface area is 323 Å². The lowest BCUT2D eigenvalue weighted by atomic mass is 10.0. The van der Waals surface area contributed by atoms with E-state index in [1.807, 2.05) is 12.1 Å². The van der Waals surface area contributed by atoms with Gasteiger partial charge in [-0.2, -0.15) is 0 Å². The molecule has 14 rings (SSSR count). The molecule has 0 aliphatic carbocycles. The van der Waals surface area contributed by atoms with Gasteiger partial charge in [0, 0.05) is 59.4 Å². The lowest BCUT2D eigenvalue weighted by Gasteiger charge is -2.14. The van der Waals surface area contributed by atoms with Crippen molar-refractivity contribution in [3.8, 4) is 17.2 Å². The molecule has 0 aliphatic rings. The van der Waals surface area contributed by atoms with Gasteiger partial charge in [-0.1, -0.05) is 133 Å². The quantitative estimate of drug-likeness (QED) is 0.167. The van der Waals surface area contributed by atoms with E-state index in [4.69, 9.17) is 14.4 Å². The molecule has 0 saturated heterocycles. The Kier molecular flexibility index (Phi) is 5.45. The summed E-state index contributed by atoms with van der Waals surface area (Å²) in [7, 11) is 0. The Morgan fingerprint density at radius 2 is 1.07 bits per heavy atom. The molecule has 0 spiro atoms. The van der Waals surface area contributed by atoms with Crippen LogP contribution >= 0.6 is 0 Å². The second kappa shape index (κ2) is 10.5. The van der Waals surface area contributed by atoms with Crippen LogP contribution in [0.5, 0.6) is 0 Å². The first kappa shape index (κ1) is 29.6. The molecule has 9 aromatic carbocycles. The summed E-state index contributed by atoms with van der Waals surface area (Å²) in [5.41, 5.74) is 10.1. The van der Waals surface area contributed by atoms with Gasteiger partial charge in [0.25, 0.3) is 0 Å². The molecule has 0 unspecified atom stereocenters. The molecule has 0 saturated carbocycles. The van der Waals surface area contributed by atoms with Crippen molar-refractivity contribution in [1.82, 2.24) is 18.9 Å². The molecule has 5 heteroatoms. The molecule has 57 heavy (non-hydrogen) atoms. The topological polar surface area (TPSA) is 48.3 Å². The van der Waals surface area contributed by atoms with Crippen molar-refractivity contribution >= 4 is 114 Å². The average molecular weight is 725 g/mol. The summed E-state index contributed by atoms with van der Waals surface area (Å²) in [5, 5.41) is 15.1. The van der Waals surface area contributed by atoms with E-state index in [1.54, 1.807) is 0 Å². The number of fused-ring (bicyclic) bond motifs is 13. The molecule has 5 nitrogen and oxygen atoms in total. The molecule has 0 atom stereocenters. The Morgan fingerprint density at radius 3 is 1.98 bits per heavy atom. The number of furan rings is 1. The van der Waals surface area contributed by atoms with Crippen LogP contribution in [0, 0.1) is 0 Å². The summed E-state index contributed by atoms with van der Waals surface area (Å²) in [5.74, 6) is 0.622. The first-order valence-corrected chi connectivity index (χ1v) is 19.4. The largest absolute Gasteiger partial charge is 0.455 e. The van der Waals surface area contributed by atoms with E-state index in [0.29, 0.717) is 5.95 Å². The number of para-hydroxylation sites is 4. The van der Waals surface area contributed by atoms with Crippen molar-refractivity contribution < 1.29 is 4.42 Å². The average Bonchev–Trinajstić information content (AvgIpc) is 3.90. The highest BCUT2D eigenvalue weighted by Gasteiger charge is 2.26. The molecule has 14 aromatic rings. The summed E-state index contributed by atoms with van der Waals surface area (Å²) in [6.07, 6.45) is 0. The SMILES string of the molecule is c1ccc2c(c1)ccc1c(-c3cccc4c3oc3ccccc34)nc(-n3c4cccc5c6cccc7c8ccccc8n(c67)c6c7ccccc7cc3c6c54)nc12. The number of nitrogens with zero attached hydrogens (tertiary/aromatic N) is 4. The van der Waals surface area contributed by atoms with Crippen molar-refractivity contribution in [3.63, 3.8) is 0 Å². The van der Waals surface area contributed by atoms with Crippen LogP contribution in [-0.4, -0.2) is 18.9 Å². The van der Waals surface area contributed by atoms with E-state index in [-0.39, 0.29) is 0 Å². The van der Waals surface area contributed by atoms with Gasteiger partial charge < -0.3 is 8.82 Å². The minimum atomic E-state index is 0.622. The summed E-state index contributed by atoms with van der Waals surface area (Å²) in [4.78, 5) is 11.2. The van der Waals surface area contributed by atoms with Gasteiger partial charge in [-0.25, -0.2) is 9.97 Å². The van der Waals surface area contributed by atoms with Crippen molar-refractivity contribution in [2.75, 3.05) is 0 Å². The molecule has 0 N–H and O–H groups in total. The van der Waals surface area contributed by atoms with Gasteiger partial charge in [-0.15, -0.1) is 0 Å². The van der Waals surface area contributed by atoms with Crippen LogP contribution in [-0.2, 0) is 0 Å². The van der Waals surface area contributed by atoms with E-state index in [1.165, 1.54) is 54.3 Å². The van der Waals surface area contributed by atoms with Crippen molar-refractivity contribution in [2.45, 2.75) is 0 Å². The third-order valence-electron chi connectivity index (χ3n) is 12.4. The van der Waals surface area contributed by atoms with Crippen LogP contribution in [0.2, 0.25) is 0 Å². The fourth-order valence-electron chi connectivity index (χ4n) is 10.1. The normalized spacial score (nSPS) is 12.6. The van der Waals surface area contributed by atoms with Gasteiger partial charge in [-0.05, 0) is 52.6 Å². The van der Waals surface area contributed by atoms with Gasteiger partial charge >= 0.3 is 0 Å². The molecule has 262 valence electrons. The molecule has 5 aromatic heterocycles. The minimum absolute atomic E-state index is 0.622. The zero-order chi connectivity index (χ0) is 36.9. The zero-order valence-electron chi connectivity index (χ0n) is 30.4. The van der Waals surface area contributed by atoms with Gasteiger partial charge in [0.15, 0.2) is 0 Å². The van der Waals surface area contributed by atoms with Crippen LogP contribution < -0.4 is 0 Å². The second-order valence-corrected chi connectivity index (χ2v) is 15.3. The van der Waals surface area contributed by atoms with Crippen molar-refractivity contribution in [1.29, 1.82) is 0 Å². The Hall–Kier alpha value is -7.76. The molecule has 0 aliphatic heterocycles. The van der Waals surface area contributed by atoms with E-state index in [0.717, 1.165) is 71.3 Å². The third-order valence-corrected chi connectivity index (χ3v) is 12.4. The van der Waals surface area contributed by atoms with Crippen LogP contribution in [0.3, 0.4) is 0 Å². The number of rotatable bonds is 2. The van der Waals surface area contributed by atoms with Crippen LogP contribution in [0.25, 0.3) is 131 Å². The van der Waals surface area contributed by atoms with Crippen LogP contribution in [0.4, 0.5) is 0 Å². The van der Waals surface area contributed by atoms with Gasteiger partial charge in [-0.3, -0.25) is 4.57 Å². The Balaban J connectivity index is 1.22. The summed E-state index contributed by atoms with van der Waals surface area (Å²) in [6.45, 7) is 0. The highest BCUT2D eigenvalue weighted by atomic mass is 16.3. The number of hydrogen-bond donors (Lipinski definition) is 0. The molecule has 0 fully saturated rings. The highest BCUT2D eigenvalue weighted by molar-refractivity contribution is 6.34. The first-order valence-electron chi connectivity index (χ1n) is 19.4. The summed E-state index contributed by atoms with van der Waals surface area (Å²) < 4.78 is 11.5. The summed E-state index contributed by atoms with van der Waals surface area (Å²) in [6, 6.07) is 61.0. The number of benzene rings is 9. The zero-order valence-corrected chi connectivity index (χ0v) is 30.4. The predicted molar refractivity (Wildman–Crippen MR) is 236 cm³/mol. The van der Waals surface area contributed by atoms with Crippen molar-refractivity contribution in [3.05, 3.63) is 170 Å². The number of aromatic nitrogens is 4.